The Morgan fingerprint density at radius 2 is 1.92 bits per heavy atom. The summed E-state index contributed by atoms with van der Waals surface area (Å²) in [5.41, 5.74) is -1.14. The van der Waals surface area contributed by atoms with Crippen molar-refractivity contribution in [1.29, 1.82) is 0 Å². The summed E-state index contributed by atoms with van der Waals surface area (Å²) in [5, 5.41) is 11.2. The van der Waals surface area contributed by atoms with Gasteiger partial charge < -0.3 is 26.7 Å². The molecule has 2 aliphatic heterocycles. The van der Waals surface area contributed by atoms with Crippen LogP contribution in [0.5, 0.6) is 0 Å². The molecule has 0 amide bonds. The summed E-state index contributed by atoms with van der Waals surface area (Å²) in [6.07, 6.45) is 0.789. The molecule has 7 heteroatoms. The van der Waals surface area contributed by atoms with Gasteiger partial charge in [0.05, 0.1) is 19.6 Å². The summed E-state index contributed by atoms with van der Waals surface area (Å²) in [4.78, 5) is 12.5. The Kier molecular flexibility index (Phi) is 6.48. The van der Waals surface area contributed by atoms with Crippen molar-refractivity contribution in [3.05, 3.63) is 34.9 Å². The van der Waals surface area contributed by atoms with Gasteiger partial charge in [-0.15, -0.1) is 0 Å². The third kappa shape index (κ3) is 4.20. The Labute approximate surface area is 158 Å². The molecule has 24 heavy (non-hydrogen) atoms. The zero-order valence-electron chi connectivity index (χ0n) is 13.7. The van der Waals surface area contributed by atoms with Gasteiger partial charge >= 0.3 is 5.97 Å². The van der Waals surface area contributed by atoms with Crippen molar-refractivity contribution in [1.82, 2.24) is 0 Å². The number of thioether (sulfide) groups is 1. The first-order valence-electron chi connectivity index (χ1n) is 8.04. The molecule has 2 atom stereocenters. The quantitative estimate of drug-likeness (QED) is 0.553. The molecule has 2 unspecified atom stereocenters. The Hall–Kier alpha value is -0.460. The predicted molar refractivity (Wildman–Crippen MR) is 92.6 cm³/mol. The molecule has 1 aromatic carbocycles. The van der Waals surface area contributed by atoms with Gasteiger partial charge in [-0.2, -0.15) is 11.8 Å². The van der Waals surface area contributed by atoms with E-state index in [2.05, 4.69) is 0 Å². The number of rotatable bonds is 3. The molecule has 1 spiro atoms. The first-order valence-corrected chi connectivity index (χ1v) is 9.57. The van der Waals surface area contributed by atoms with Crippen LogP contribution in [0, 0.1) is 0 Å². The normalized spacial score (nSPS) is 24.9. The monoisotopic (exact) mass is 391 g/mol. The fraction of sp³-hybridized carbons (Fsp3) is 0.588. The minimum absolute atomic E-state index is 0. The molecule has 2 fully saturated rings. The largest absolute Gasteiger partial charge is 1.00 e. The minimum atomic E-state index is -1.64. The number of carbonyl (C=O) groups is 1. The molecule has 0 aliphatic carbocycles. The van der Waals surface area contributed by atoms with E-state index in [9.17, 15) is 9.90 Å². The molecule has 2 saturated heterocycles. The molecular weight excluding hydrogens is 369 g/mol. The second-order valence-corrected chi connectivity index (χ2v) is 8.36. The van der Waals surface area contributed by atoms with Gasteiger partial charge in [0.1, 0.15) is 6.54 Å². The lowest BCUT2D eigenvalue weighted by atomic mass is 9.96. The van der Waals surface area contributed by atoms with E-state index in [0.717, 1.165) is 37.1 Å². The van der Waals surface area contributed by atoms with Crippen LogP contribution in [0.3, 0.4) is 0 Å². The summed E-state index contributed by atoms with van der Waals surface area (Å²) >= 11 is 7.86. The number of hydrogen-bond acceptors (Lipinski definition) is 4. The van der Waals surface area contributed by atoms with Gasteiger partial charge in [0, 0.05) is 22.9 Å². The van der Waals surface area contributed by atoms with Crippen molar-refractivity contribution >= 4 is 29.3 Å². The molecule has 1 N–H and O–H groups in total. The van der Waals surface area contributed by atoms with E-state index in [1.165, 1.54) is 18.4 Å². The van der Waals surface area contributed by atoms with Crippen LogP contribution < -0.4 is 12.4 Å². The second kappa shape index (κ2) is 7.83. The molecule has 0 aromatic heterocycles. The maximum Gasteiger partial charge on any atom is 0.343 e. The van der Waals surface area contributed by atoms with Gasteiger partial charge in [0.25, 0.3) is 0 Å². The lowest BCUT2D eigenvalue weighted by molar-refractivity contribution is -0.914. The molecular formula is C17H23Cl2NO3S. The van der Waals surface area contributed by atoms with Crippen LogP contribution in [0.2, 0.25) is 5.02 Å². The average Bonchev–Trinajstić information content (AvgIpc) is 2.90. The maximum atomic E-state index is 12.5. The Bertz CT molecular complexity index is 574. The average molecular weight is 392 g/mol. The molecule has 2 aliphatic rings. The molecule has 1 aromatic rings. The lowest BCUT2D eigenvalue weighted by Gasteiger charge is -2.37. The molecule has 4 nitrogen and oxygen atoms in total. The zero-order chi connectivity index (χ0) is 16.5. The summed E-state index contributed by atoms with van der Waals surface area (Å²) in [6.45, 7) is 5.75. The van der Waals surface area contributed by atoms with Crippen LogP contribution >= 0.6 is 23.4 Å². The van der Waals surface area contributed by atoms with Gasteiger partial charge in [-0.05, 0) is 24.6 Å². The SMILES string of the molecule is CC(O)(C(=O)OC1CC[N+]2(CCSCC2)C1)c1ccc(Cl)cc1.[Cl-]. The molecule has 134 valence electrons. The predicted octanol–water partition coefficient (Wildman–Crippen LogP) is -0.569. The van der Waals surface area contributed by atoms with E-state index < -0.39 is 11.6 Å². The number of ether oxygens (including phenoxy) is 1. The third-order valence-electron chi connectivity index (χ3n) is 5.01. The highest BCUT2D eigenvalue weighted by atomic mass is 35.5. The van der Waals surface area contributed by atoms with E-state index in [-0.39, 0.29) is 18.5 Å². The van der Waals surface area contributed by atoms with Crippen molar-refractivity contribution in [2.45, 2.75) is 25.0 Å². The number of esters is 1. The number of nitrogens with zero attached hydrogens (tertiary/aromatic N) is 1. The van der Waals surface area contributed by atoms with E-state index >= 15 is 0 Å². The number of carbonyl (C=O) groups excluding carboxylic acids is 1. The molecule has 0 bridgehead atoms. The van der Waals surface area contributed by atoms with Crippen molar-refractivity contribution < 1.29 is 31.5 Å². The first kappa shape index (κ1) is 19.9. The van der Waals surface area contributed by atoms with Crippen LogP contribution in [0.4, 0.5) is 0 Å². The smallest absolute Gasteiger partial charge is 0.343 e. The summed E-state index contributed by atoms with van der Waals surface area (Å²) in [7, 11) is 0. The molecule has 0 saturated carbocycles. The number of aliphatic hydroxyl groups is 1. The Morgan fingerprint density at radius 1 is 1.29 bits per heavy atom. The van der Waals surface area contributed by atoms with Gasteiger partial charge in [-0.1, -0.05) is 23.7 Å². The van der Waals surface area contributed by atoms with Crippen molar-refractivity contribution in [2.75, 3.05) is 37.7 Å². The fourth-order valence-electron chi connectivity index (χ4n) is 3.42. The van der Waals surface area contributed by atoms with Gasteiger partial charge in [0.15, 0.2) is 11.7 Å². The zero-order valence-corrected chi connectivity index (χ0v) is 16.0. The van der Waals surface area contributed by atoms with E-state index in [4.69, 9.17) is 16.3 Å². The van der Waals surface area contributed by atoms with Crippen LogP contribution in [-0.2, 0) is 15.1 Å². The number of hydrogen-bond donors (Lipinski definition) is 1. The second-order valence-electron chi connectivity index (χ2n) is 6.70. The maximum absolute atomic E-state index is 12.5. The Morgan fingerprint density at radius 3 is 2.54 bits per heavy atom. The van der Waals surface area contributed by atoms with Gasteiger partial charge in [0.2, 0.25) is 0 Å². The number of benzene rings is 1. The summed E-state index contributed by atoms with van der Waals surface area (Å²) in [6, 6.07) is 6.65. The lowest BCUT2D eigenvalue weighted by Crippen LogP contribution is -3.00. The van der Waals surface area contributed by atoms with Crippen molar-refractivity contribution in [2.24, 2.45) is 0 Å². The third-order valence-corrected chi connectivity index (χ3v) is 6.21. The Balaban J connectivity index is 0.00000208. The first-order chi connectivity index (χ1) is 10.9. The highest BCUT2D eigenvalue weighted by Crippen LogP contribution is 2.29. The van der Waals surface area contributed by atoms with Crippen LogP contribution in [0.1, 0.15) is 18.9 Å². The van der Waals surface area contributed by atoms with Crippen LogP contribution in [0.15, 0.2) is 24.3 Å². The summed E-state index contributed by atoms with van der Waals surface area (Å²) in [5.74, 6) is 1.79. The molecule has 2 heterocycles. The van der Waals surface area contributed by atoms with E-state index in [0.29, 0.717) is 10.6 Å². The van der Waals surface area contributed by atoms with E-state index in [1.54, 1.807) is 24.3 Å². The van der Waals surface area contributed by atoms with Crippen LogP contribution in [-0.4, -0.2) is 59.3 Å². The highest BCUT2D eigenvalue weighted by Gasteiger charge is 2.43. The molecule has 3 rings (SSSR count). The number of halogens is 2. The van der Waals surface area contributed by atoms with Gasteiger partial charge in [-0.25, -0.2) is 4.79 Å². The number of quaternary nitrogens is 1. The van der Waals surface area contributed by atoms with Gasteiger partial charge in [-0.3, -0.25) is 0 Å². The topological polar surface area (TPSA) is 46.5 Å². The minimum Gasteiger partial charge on any atom is -1.00 e. The summed E-state index contributed by atoms with van der Waals surface area (Å²) < 4.78 is 6.71. The highest BCUT2D eigenvalue weighted by molar-refractivity contribution is 7.99. The standard InChI is InChI=1S/C17H23ClNO3S.ClH/c1-17(21,13-2-4-14(18)5-3-13)16(20)22-15-6-7-19(12-15)8-10-23-11-9-19;/h2-5,15,21H,6-12H2,1H3;1H/q+1;/p-1. The van der Waals surface area contributed by atoms with Crippen LogP contribution in [0.25, 0.3) is 0 Å². The molecule has 0 radical (unpaired) electrons. The van der Waals surface area contributed by atoms with Crippen molar-refractivity contribution in [3.8, 4) is 0 Å². The fourth-order valence-corrected chi connectivity index (χ4v) is 4.79. The van der Waals surface area contributed by atoms with E-state index in [1.807, 2.05) is 11.8 Å². The van der Waals surface area contributed by atoms with Crippen molar-refractivity contribution in [3.63, 3.8) is 0 Å².